The van der Waals surface area contributed by atoms with Gasteiger partial charge in [-0.15, -0.1) is 0 Å². The fourth-order valence-electron chi connectivity index (χ4n) is 2.78. The predicted molar refractivity (Wildman–Crippen MR) is 77.2 cm³/mol. The number of aromatic nitrogens is 3. The lowest BCUT2D eigenvalue weighted by atomic mass is 10.0. The first-order chi connectivity index (χ1) is 11.5. The Morgan fingerprint density at radius 3 is 2.88 bits per heavy atom. The van der Waals surface area contributed by atoms with E-state index < -0.39 is 18.3 Å². The number of rotatable bonds is 4. The molecule has 1 aromatic carbocycles. The average molecular weight is 340 g/mol. The molecule has 1 saturated heterocycles. The molecule has 1 aliphatic heterocycles. The molecule has 0 spiro atoms. The Kier molecular flexibility index (Phi) is 4.68. The summed E-state index contributed by atoms with van der Waals surface area (Å²) in [5.74, 6) is -1.69. The lowest BCUT2D eigenvalue weighted by Gasteiger charge is -2.32. The van der Waals surface area contributed by atoms with Crippen LogP contribution in [0.4, 0.5) is 13.2 Å². The van der Waals surface area contributed by atoms with Gasteiger partial charge in [-0.25, -0.2) is 14.1 Å². The lowest BCUT2D eigenvalue weighted by molar-refractivity contribution is -0.0500. The van der Waals surface area contributed by atoms with Crippen LogP contribution in [0.3, 0.4) is 0 Å². The van der Waals surface area contributed by atoms with Crippen LogP contribution in [-0.4, -0.2) is 45.3 Å². The zero-order valence-electron chi connectivity index (χ0n) is 12.6. The van der Waals surface area contributed by atoms with Gasteiger partial charge in [0.25, 0.3) is 5.91 Å². The van der Waals surface area contributed by atoms with Crippen molar-refractivity contribution < 1.29 is 22.7 Å². The molecule has 1 amide bonds. The van der Waals surface area contributed by atoms with E-state index in [9.17, 15) is 18.0 Å². The van der Waals surface area contributed by atoms with Gasteiger partial charge >= 0.3 is 6.61 Å². The first-order valence-corrected chi connectivity index (χ1v) is 7.42. The number of amides is 1. The fraction of sp³-hybridized carbons (Fsp3) is 0.400. The molecule has 2 aromatic rings. The van der Waals surface area contributed by atoms with Gasteiger partial charge in [-0.05, 0) is 25.0 Å². The summed E-state index contributed by atoms with van der Waals surface area (Å²) in [6.07, 6.45) is 4.60. The number of ether oxygens (including phenoxy) is 1. The highest BCUT2D eigenvalue weighted by molar-refractivity contribution is 5.94. The molecule has 0 N–H and O–H groups in total. The second kappa shape index (κ2) is 6.90. The highest BCUT2D eigenvalue weighted by Gasteiger charge is 2.27. The Hall–Kier alpha value is -2.58. The Bertz CT molecular complexity index is 709. The van der Waals surface area contributed by atoms with Gasteiger partial charge in [0.05, 0.1) is 11.6 Å². The zero-order valence-corrected chi connectivity index (χ0v) is 12.6. The van der Waals surface area contributed by atoms with Crippen LogP contribution in [0.5, 0.6) is 5.75 Å². The lowest BCUT2D eigenvalue weighted by Crippen LogP contribution is -2.41. The second-order valence-corrected chi connectivity index (χ2v) is 5.44. The van der Waals surface area contributed by atoms with E-state index in [1.54, 1.807) is 11.0 Å². The van der Waals surface area contributed by atoms with Gasteiger partial charge in [-0.2, -0.15) is 13.9 Å². The molecule has 9 heteroatoms. The average Bonchev–Trinajstić information content (AvgIpc) is 3.08. The third-order valence-corrected chi connectivity index (χ3v) is 3.89. The molecule has 1 atom stereocenters. The summed E-state index contributed by atoms with van der Waals surface area (Å²) in [7, 11) is 0. The smallest absolute Gasteiger partial charge is 0.387 e. The zero-order chi connectivity index (χ0) is 17.1. The summed E-state index contributed by atoms with van der Waals surface area (Å²) < 4.78 is 44.2. The molecule has 0 saturated carbocycles. The molecule has 2 heterocycles. The molecule has 128 valence electrons. The number of likely N-dealkylation sites (tertiary alicyclic amines) is 1. The largest absolute Gasteiger partial charge is 0.435 e. The number of piperidine rings is 1. The van der Waals surface area contributed by atoms with E-state index in [0.717, 1.165) is 31.0 Å². The van der Waals surface area contributed by atoms with Crippen LogP contribution in [0, 0.1) is 5.82 Å². The molecule has 1 aromatic heterocycles. The molecule has 24 heavy (non-hydrogen) atoms. The van der Waals surface area contributed by atoms with Crippen molar-refractivity contribution in [3.05, 3.63) is 42.2 Å². The van der Waals surface area contributed by atoms with Crippen molar-refractivity contribution in [3.8, 4) is 5.75 Å². The van der Waals surface area contributed by atoms with Crippen LogP contribution in [0.1, 0.15) is 29.2 Å². The van der Waals surface area contributed by atoms with Gasteiger partial charge in [0, 0.05) is 19.2 Å². The van der Waals surface area contributed by atoms with Crippen molar-refractivity contribution in [2.24, 2.45) is 0 Å². The molecular weight excluding hydrogens is 325 g/mol. The molecule has 1 unspecified atom stereocenters. The van der Waals surface area contributed by atoms with Gasteiger partial charge in [0.1, 0.15) is 24.2 Å². The van der Waals surface area contributed by atoms with Crippen molar-refractivity contribution in [2.45, 2.75) is 25.5 Å². The van der Waals surface area contributed by atoms with Gasteiger partial charge < -0.3 is 9.64 Å². The Morgan fingerprint density at radius 1 is 1.38 bits per heavy atom. The molecule has 6 nitrogen and oxygen atoms in total. The summed E-state index contributed by atoms with van der Waals surface area (Å²) in [5.41, 5.74) is -0.171. The predicted octanol–water partition coefficient (Wildman–Crippen LogP) is 2.50. The molecular formula is C15H15F3N4O2. The number of benzene rings is 1. The minimum absolute atomic E-state index is 0.0188. The second-order valence-electron chi connectivity index (χ2n) is 5.44. The molecule has 0 bridgehead atoms. The number of nitrogens with zero attached hydrogens (tertiary/aromatic N) is 4. The number of carbonyl (C=O) groups is 1. The maximum absolute atomic E-state index is 14.1. The third-order valence-electron chi connectivity index (χ3n) is 3.89. The fourth-order valence-corrected chi connectivity index (χ4v) is 2.78. The number of carbonyl (C=O) groups excluding carboxylic acids is 1. The van der Waals surface area contributed by atoms with Crippen LogP contribution in [0.15, 0.2) is 30.9 Å². The van der Waals surface area contributed by atoms with Crippen molar-refractivity contribution in [3.63, 3.8) is 0 Å². The van der Waals surface area contributed by atoms with Crippen molar-refractivity contribution >= 4 is 5.91 Å². The van der Waals surface area contributed by atoms with E-state index in [0.29, 0.717) is 13.1 Å². The number of hydrogen-bond donors (Lipinski definition) is 0. The summed E-state index contributed by atoms with van der Waals surface area (Å²) in [4.78, 5) is 17.9. The Morgan fingerprint density at radius 2 is 2.21 bits per heavy atom. The number of halogens is 3. The first kappa shape index (κ1) is 16.3. The third kappa shape index (κ3) is 3.50. The van der Waals surface area contributed by atoms with E-state index in [1.165, 1.54) is 11.2 Å². The Balaban J connectivity index is 1.73. The molecule has 0 radical (unpaired) electrons. The monoisotopic (exact) mass is 340 g/mol. The van der Waals surface area contributed by atoms with E-state index >= 15 is 0 Å². The van der Waals surface area contributed by atoms with Crippen LogP contribution < -0.4 is 4.74 Å². The maximum atomic E-state index is 14.1. The molecule has 3 rings (SSSR count). The topological polar surface area (TPSA) is 60.2 Å². The van der Waals surface area contributed by atoms with E-state index in [-0.39, 0.29) is 17.4 Å². The van der Waals surface area contributed by atoms with Crippen LogP contribution in [-0.2, 0) is 0 Å². The van der Waals surface area contributed by atoms with Crippen LogP contribution in [0.2, 0.25) is 0 Å². The summed E-state index contributed by atoms with van der Waals surface area (Å²) in [6.45, 7) is -2.16. The van der Waals surface area contributed by atoms with Crippen molar-refractivity contribution in [1.29, 1.82) is 0 Å². The van der Waals surface area contributed by atoms with E-state index in [4.69, 9.17) is 0 Å². The first-order valence-electron chi connectivity index (χ1n) is 7.42. The quantitative estimate of drug-likeness (QED) is 0.858. The minimum Gasteiger partial charge on any atom is -0.435 e. The maximum Gasteiger partial charge on any atom is 0.387 e. The van der Waals surface area contributed by atoms with Gasteiger partial charge in [-0.1, -0.05) is 0 Å². The summed E-state index contributed by atoms with van der Waals surface area (Å²) in [6, 6.07) is 3.09. The van der Waals surface area contributed by atoms with Crippen LogP contribution in [0.25, 0.3) is 0 Å². The SMILES string of the molecule is O=C(c1ccc(OC(F)F)cc1F)N1CCCC(n2cncn2)C1. The highest BCUT2D eigenvalue weighted by atomic mass is 19.3. The normalized spacial score (nSPS) is 18.0. The van der Waals surface area contributed by atoms with Crippen molar-refractivity contribution in [2.75, 3.05) is 13.1 Å². The van der Waals surface area contributed by atoms with Gasteiger partial charge in [0.2, 0.25) is 0 Å². The van der Waals surface area contributed by atoms with Gasteiger partial charge in [-0.3, -0.25) is 4.79 Å². The molecule has 1 fully saturated rings. The number of hydrogen-bond acceptors (Lipinski definition) is 4. The van der Waals surface area contributed by atoms with Gasteiger partial charge in [0.15, 0.2) is 0 Å². The summed E-state index contributed by atoms with van der Waals surface area (Å²) in [5, 5.41) is 4.07. The van der Waals surface area contributed by atoms with E-state index in [2.05, 4.69) is 14.8 Å². The van der Waals surface area contributed by atoms with Crippen LogP contribution >= 0.6 is 0 Å². The summed E-state index contributed by atoms with van der Waals surface area (Å²) >= 11 is 0. The highest BCUT2D eigenvalue weighted by Crippen LogP contribution is 2.24. The minimum atomic E-state index is -3.04. The molecule has 0 aliphatic carbocycles. The standard InChI is InChI=1S/C15H15F3N4O2/c16-13-6-11(24-15(17)18)3-4-12(13)14(23)21-5-1-2-10(7-21)22-9-19-8-20-22/h3-4,6,8-10,15H,1-2,5,7H2. The Labute approximate surface area is 135 Å². The van der Waals surface area contributed by atoms with Crippen molar-refractivity contribution in [1.82, 2.24) is 19.7 Å². The van der Waals surface area contributed by atoms with E-state index in [1.807, 2.05) is 0 Å². The molecule has 1 aliphatic rings. The number of alkyl halides is 2.